The molecule has 0 spiro atoms. The van der Waals surface area contributed by atoms with Crippen molar-refractivity contribution in [3.05, 3.63) is 31.9 Å². The number of aryl methyl sites for hydroxylation is 1. The molecule has 0 amide bonds. The van der Waals surface area contributed by atoms with Crippen LogP contribution in [0.3, 0.4) is 0 Å². The maximum Gasteiger partial charge on any atom is 0.139 e. The number of hydrogen-bond acceptors (Lipinski definition) is 5. The second kappa shape index (κ2) is 5.53. The van der Waals surface area contributed by atoms with Crippen LogP contribution in [0, 0.1) is 10.5 Å². The Morgan fingerprint density at radius 2 is 2.31 bits per heavy atom. The van der Waals surface area contributed by atoms with E-state index in [-0.39, 0.29) is 0 Å². The molecule has 0 aliphatic rings. The Morgan fingerprint density at radius 3 is 3.00 bits per heavy atom. The number of halogens is 1. The summed E-state index contributed by atoms with van der Waals surface area (Å²) in [5, 5.41) is 13.4. The summed E-state index contributed by atoms with van der Waals surface area (Å²) in [7, 11) is 0. The van der Waals surface area contributed by atoms with Gasteiger partial charge in [-0.15, -0.1) is 21.5 Å². The molecule has 0 radical (unpaired) electrons. The molecular formula is C10H11IN4S. The van der Waals surface area contributed by atoms with Gasteiger partial charge in [-0.3, -0.25) is 0 Å². The fraction of sp³-hybridized carbons (Fsp3) is 0.300. The summed E-state index contributed by atoms with van der Waals surface area (Å²) in [5.41, 5.74) is 0. The van der Waals surface area contributed by atoms with Gasteiger partial charge in [0.05, 0.1) is 3.57 Å². The van der Waals surface area contributed by atoms with Crippen LogP contribution in [-0.4, -0.2) is 21.7 Å². The zero-order valence-electron chi connectivity index (χ0n) is 8.77. The van der Waals surface area contributed by atoms with Gasteiger partial charge in [-0.25, -0.2) is 4.98 Å². The Bertz CT molecular complexity index is 471. The third-order valence-corrected chi connectivity index (χ3v) is 3.73. The normalized spacial score (nSPS) is 10.4. The number of hydrogen-bond donors (Lipinski definition) is 1. The number of rotatable bonds is 4. The maximum absolute atomic E-state index is 4.26. The molecule has 2 aromatic rings. The minimum atomic E-state index is 0.835. The fourth-order valence-corrected chi connectivity index (χ4v) is 2.49. The maximum atomic E-state index is 4.26. The van der Waals surface area contributed by atoms with Crippen molar-refractivity contribution in [2.45, 2.75) is 13.3 Å². The van der Waals surface area contributed by atoms with E-state index in [1.807, 2.05) is 19.1 Å². The topological polar surface area (TPSA) is 50.7 Å². The van der Waals surface area contributed by atoms with Crippen molar-refractivity contribution < 1.29 is 0 Å². The van der Waals surface area contributed by atoms with Gasteiger partial charge in [0.1, 0.15) is 15.8 Å². The first-order valence-electron chi connectivity index (χ1n) is 4.89. The summed E-state index contributed by atoms with van der Waals surface area (Å²) in [6.45, 7) is 2.80. The highest BCUT2D eigenvalue weighted by molar-refractivity contribution is 14.1. The summed E-state index contributed by atoms with van der Waals surface area (Å²) in [5.74, 6) is 0.935. The average molecular weight is 346 g/mol. The summed E-state index contributed by atoms with van der Waals surface area (Å²) in [4.78, 5) is 4.26. The first-order valence-corrected chi connectivity index (χ1v) is 6.78. The molecule has 0 saturated heterocycles. The van der Waals surface area contributed by atoms with Crippen molar-refractivity contribution >= 4 is 39.7 Å². The van der Waals surface area contributed by atoms with Crippen LogP contribution >= 0.6 is 33.9 Å². The number of anilines is 1. The summed E-state index contributed by atoms with van der Waals surface area (Å²) in [6.07, 6.45) is 2.68. The highest BCUT2D eigenvalue weighted by Crippen LogP contribution is 2.14. The summed E-state index contributed by atoms with van der Waals surface area (Å²) in [6, 6.07) is 3.96. The lowest BCUT2D eigenvalue weighted by molar-refractivity contribution is 0.925. The highest BCUT2D eigenvalue weighted by Gasteiger charge is 2.02. The lowest BCUT2D eigenvalue weighted by atomic mass is 10.4. The van der Waals surface area contributed by atoms with Gasteiger partial charge in [0, 0.05) is 19.2 Å². The van der Waals surface area contributed by atoms with Crippen molar-refractivity contribution in [1.82, 2.24) is 15.2 Å². The third kappa shape index (κ3) is 3.11. The van der Waals surface area contributed by atoms with Gasteiger partial charge in [-0.1, -0.05) is 0 Å². The fourth-order valence-electron chi connectivity index (χ4n) is 1.24. The standard InChI is InChI=1S/C10H11IN4S/c1-7-14-15-9(16-7)4-6-13-10-8(11)3-2-5-12-10/h2-3,5H,4,6H2,1H3,(H,12,13). The average Bonchev–Trinajstić information content (AvgIpc) is 2.67. The van der Waals surface area contributed by atoms with Gasteiger partial charge in [0.15, 0.2) is 0 Å². The molecule has 0 aliphatic carbocycles. The first kappa shape index (κ1) is 11.7. The minimum absolute atomic E-state index is 0.835. The van der Waals surface area contributed by atoms with E-state index in [9.17, 15) is 0 Å². The van der Waals surface area contributed by atoms with Crippen LogP contribution in [0.2, 0.25) is 0 Å². The Balaban J connectivity index is 1.87. The third-order valence-electron chi connectivity index (χ3n) is 1.96. The van der Waals surface area contributed by atoms with Gasteiger partial charge in [0.2, 0.25) is 0 Å². The van der Waals surface area contributed by atoms with Crippen LogP contribution in [0.25, 0.3) is 0 Å². The van der Waals surface area contributed by atoms with E-state index in [0.29, 0.717) is 0 Å². The molecule has 16 heavy (non-hydrogen) atoms. The van der Waals surface area contributed by atoms with Crippen LogP contribution in [0.4, 0.5) is 5.82 Å². The number of nitrogens with one attached hydrogen (secondary N) is 1. The summed E-state index contributed by atoms with van der Waals surface area (Å²) < 4.78 is 1.13. The molecule has 84 valence electrons. The second-order valence-corrected chi connectivity index (χ2v) is 5.65. The van der Waals surface area contributed by atoms with Crippen LogP contribution in [0.5, 0.6) is 0 Å². The smallest absolute Gasteiger partial charge is 0.139 e. The molecule has 0 aliphatic heterocycles. The predicted molar refractivity (Wildman–Crippen MR) is 73.8 cm³/mol. The van der Waals surface area contributed by atoms with E-state index in [0.717, 1.165) is 32.4 Å². The predicted octanol–water partition coefficient (Wildman–Crippen LogP) is 2.50. The Kier molecular flexibility index (Phi) is 4.05. The lowest BCUT2D eigenvalue weighted by Gasteiger charge is -2.05. The van der Waals surface area contributed by atoms with Crippen molar-refractivity contribution in [2.24, 2.45) is 0 Å². The molecular weight excluding hydrogens is 335 g/mol. The first-order chi connectivity index (χ1) is 7.75. The molecule has 4 nitrogen and oxygen atoms in total. The largest absolute Gasteiger partial charge is 0.369 e. The number of aromatic nitrogens is 3. The van der Waals surface area contributed by atoms with Crippen LogP contribution < -0.4 is 5.32 Å². The van der Waals surface area contributed by atoms with E-state index in [1.54, 1.807) is 17.5 Å². The Hall–Kier alpha value is -0.760. The number of nitrogens with zero attached hydrogens (tertiary/aromatic N) is 3. The van der Waals surface area contributed by atoms with Crippen LogP contribution in [0.15, 0.2) is 18.3 Å². The van der Waals surface area contributed by atoms with Gasteiger partial charge in [-0.2, -0.15) is 0 Å². The molecule has 0 aromatic carbocycles. The zero-order chi connectivity index (χ0) is 11.4. The monoisotopic (exact) mass is 346 g/mol. The molecule has 0 atom stereocenters. The van der Waals surface area contributed by atoms with Crippen LogP contribution in [-0.2, 0) is 6.42 Å². The highest BCUT2D eigenvalue weighted by atomic mass is 127. The molecule has 0 bridgehead atoms. The van der Waals surface area contributed by atoms with E-state index in [4.69, 9.17) is 0 Å². The molecule has 2 aromatic heterocycles. The molecule has 6 heteroatoms. The minimum Gasteiger partial charge on any atom is -0.369 e. The van der Waals surface area contributed by atoms with Gasteiger partial charge >= 0.3 is 0 Å². The van der Waals surface area contributed by atoms with Crippen molar-refractivity contribution in [3.8, 4) is 0 Å². The molecule has 2 rings (SSSR count). The Morgan fingerprint density at radius 1 is 1.44 bits per heavy atom. The lowest BCUT2D eigenvalue weighted by Crippen LogP contribution is -2.07. The SMILES string of the molecule is Cc1nnc(CCNc2ncccc2I)s1. The van der Waals surface area contributed by atoms with Gasteiger partial charge in [-0.05, 0) is 41.6 Å². The van der Waals surface area contributed by atoms with E-state index >= 15 is 0 Å². The number of pyridine rings is 1. The molecule has 0 fully saturated rings. The molecule has 1 N–H and O–H groups in total. The molecule has 0 saturated carbocycles. The van der Waals surface area contributed by atoms with Crippen molar-refractivity contribution in [1.29, 1.82) is 0 Å². The Labute approximate surface area is 112 Å². The quantitative estimate of drug-likeness (QED) is 0.865. The molecule has 2 heterocycles. The second-order valence-electron chi connectivity index (χ2n) is 3.23. The zero-order valence-corrected chi connectivity index (χ0v) is 11.7. The van der Waals surface area contributed by atoms with E-state index in [1.165, 1.54) is 0 Å². The van der Waals surface area contributed by atoms with Gasteiger partial charge < -0.3 is 5.32 Å². The molecule has 0 unspecified atom stereocenters. The van der Waals surface area contributed by atoms with E-state index in [2.05, 4.69) is 43.1 Å². The van der Waals surface area contributed by atoms with Crippen molar-refractivity contribution in [3.63, 3.8) is 0 Å². The van der Waals surface area contributed by atoms with E-state index < -0.39 is 0 Å². The van der Waals surface area contributed by atoms with Crippen LogP contribution in [0.1, 0.15) is 10.0 Å². The summed E-state index contributed by atoms with van der Waals surface area (Å²) >= 11 is 3.91. The van der Waals surface area contributed by atoms with Gasteiger partial charge in [0.25, 0.3) is 0 Å². The van der Waals surface area contributed by atoms with Crippen molar-refractivity contribution in [2.75, 3.05) is 11.9 Å².